The number of nitrogen functional groups attached to an aromatic ring is 1. The van der Waals surface area contributed by atoms with Crippen molar-refractivity contribution >= 4 is 29.2 Å². The van der Waals surface area contributed by atoms with Gasteiger partial charge in [-0.05, 0) is 84.6 Å². The summed E-state index contributed by atoms with van der Waals surface area (Å²) < 4.78 is 3.72. The summed E-state index contributed by atoms with van der Waals surface area (Å²) in [4.78, 5) is 38.4. The number of nitrogens with zero attached hydrogens (tertiary/aromatic N) is 6. The molecule has 2 aromatic carbocycles. The van der Waals surface area contributed by atoms with Crippen molar-refractivity contribution < 1.29 is 14.7 Å². The number of hydrogen-bond acceptors (Lipinski definition) is 8. The zero-order valence-electron chi connectivity index (χ0n) is 23.1. The largest absolute Gasteiger partial charge is 0.507 e. The number of phenolic OH excluding ortho intramolecular Hbond substituents is 1. The van der Waals surface area contributed by atoms with Crippen LogP contribution in [0.2, 0.25) is 0 Å². The lowest BCUT2D eigenvalue weighted by Crippen LogP contribution is -2.27. The fourth-order valence-electron chi connectivity index (χ4n) is 5.61. The molecule has 212 valence electrons. The molecule has 4 N–H and O–H groups in total. The lowest BCUT2D eigenvalue weighted by atomic mass is 10.1. The number of phenols is 1. The number of benzene rings is 2. The first-order valence-corrected chi connectivity index (χ1v) is 13.7. The monoisotopic (exact) mass is 570 g/mol. The zero-order chi connectivity index (χ0) is 29.7. The number of pyridine rings is 2. The number of carbonyl (C=O) groups excluding carboxylic acids is 2. The standard InChI is InChI=1S/C32H26N8O3/c1-39-14-12-26(38-39)25-9-10-27-31(35-25)40(30(36-27)23-3-2-13-34-29(23)33)21-6-7-22-18(16-21)4-8-24(22)37-32(43)19-5-11-28(42)20(15-19)17-41/h2-3,5-7,9-17,24,42H,4,8H2,1H3,(H2,33,34)(H,37,43)/t24-/m0/s1. The van der Waals surface area contributed by atoms with Gasteiger partial charge in [0.05, 0.1) is 22.9 Å². The van der Waals surface area contributed by atoms with Crippen molar-refractivity contribution in [3.8, 4) is 34.2 Å². The first-order chi connectivity index (χ1) is 20.9. The zero-order valence-corrected chi connectivity index (χ0v) is 23.1. The maximum Gasteiger partial charge on any atom is 0.251 e. The molecule has 1 atom stereocenters. The van der Waals surface area contributed by atoms with Crippen LogP contribution < -0.4 is 11.1 Å². The maximum atomic E-state index is 13.0. The second-order valence-corrected chi connectivity index (χ2v) is 10.5. The number of fused-ring (bicyclic) bond motifs is 2. The van der Waals surface area contributed by atoms with E-state index in [0.717, 1.165) is 41.0 Å². The Balaban J connectivity index is 1.29. The van der Waals surface area contributed by atoms with Crippen LogP contribution in [0.25, 0.3) is 39.6 Å². The van der Waals surface area contributed by atoms with Gasteiger partial charge in [0.25, 0.3) is 5.91 Å². The van der Waals surface area contributed by atoms with Crippen LogP contribution in [0.3, 0.4) is 0 Å². The summed E-state index contributed by atoms with van der Waals surface area (Å²) in [6.45, 7) is 0. The third-order valence-electron chi connectivity index (χ3n) is 7.74. The Morgan fingerprint density at radius 1 is 1.07 bits per heavy atom. The highest BCUT2D eigenvalue weighted by Crippen LogP contribution is 2.36. The highest BCUT2D eigenvalue weighted by atomic mass is 16.3. The van der Waals surface area contributed by atoms with E-state index in [9.17, 15) is 14.7 Å². The number of hydrogen-bond donors (Lipinski definition) is 3. The summed E-state index contributed by atoms with van der Waals surface area (Å²) in [5.74, 6) is 0.505. The predicted molar refractivity (Wildman–Crippen MR) is 161 cm³/mol. The van der Waals surface area contributed by atoms with Crippen LogP contribution >= 0.6 is 0 Å². The van der Waals surface area contributed by atoms with Gasteiger partial charge in [0.2, 0.25) is 0 Å². The number of rotatable bonds is 6. The quantitative estimate of drug-likeness (QED) is 0.249. The number of anilines is 1. The molecule has 11 heteroatoms. The molecule has 0 bridgehead atoms. The Morgan fingerprint density at radius 2 is 1.95 bits per heavy atom. The van der Waals surface area contributed by atoms with Gasteiger partial charge in [-0.15, -0.1) is 0 Å². The van der Waals surface area contributed by atoms with Gasteiger partial charge in [0.1, 0.15) is 22.8 Å². The minimum Gasteiger partial charge on any atom is -0.507 e. The van der Waals surface area contributed by atoms with Gasteiger partial charge in [-0.2, -0.15) is 5.10 Å². The fourth-order valence-corrected chi connectivity index (χ4v) is 5.61. The summed E-state index contributed by atoms with van der Waals surface area (Å²) >= 11 is 0. The average molecular weight is 571 g/mol. The molecule has 0 fully saturated rings. The molecule has 4 aromatic heterocycles. The number of aromatic hydroxyl groups is 1. The molecule has 1 aliphatic carbocycles. The number of imidazole rings is 1. The molecule has 4 heterocycles. The Bertz CT molecular complexity index is 2060. The van der Waals surface area contributed by atoms with E-state index in [2.05, 4.69) is 21.5 Å². The second-order valence-electron chi connectivity index (χ2n) is 10.5. The van der Waals surface area contributed by atoms with Gasteiger partial charge >= 0.3 is 0 Å². The van der Waals surface area contributed by atoms with Crippen molar-refractivity contribution in [3.05, 3.63) is 101 Å². The van der Waals surface area contributed by atoms with Crippen molar-refractivity contribution in [2.24, 2.45) is 7.05 Å². The van der Waals surface area contributed by atoms with Crippen molar-refractivity contribution in [1.29, 1.82) is 0 Å². The number of nitrogens with two attached hydrogens (primary N) is 1. The van der Waals surface area contributed by atoms with Crippen LogP contribution in [-0.4, -0.2) is 46.6 Å². The van der Waals surface area contributed by atoms with Crippen LogP contribution in [0.4, 0.5) is 5.82 Å². The normalized spacial score (nSPS) is 14.1. The number of nitrogens with one attached hydrogen (secondary N) is 1. The van der Waals surface area contributed by atoms with E-state index >= 15 is 0 Å². The third kappa shape index (κ3) is 4.56. The molecule has 0 saturated heterocycles. The van der Waals surface area contributed by atoms with Crippen molar-refractivity contribution in [2.45, 2.75) is 18.9 Å². The van der Waals surface area contributed by atoms with Gasteiger partial charge < -0.3 is 16.2 Å². The molecule has 0 spiro atoms. The third-order valence-corrected chi connectivity index (χ3v) is 7.74. The van der Waals surface area contributed by atoms with Crippen LogP contribution in [-0.2, 0) is 13.5 Å². The van der Waals surface area contributed by atoms with Gasteiger partial charge in [-0.25, -0.2) is 15.0 Å². The van der Waals surface area contributed by atoms with Gasteiger partial charge in [0, 0.05) is 30.7 Å². The van der Waals surface area contributed by atoms with Crippen molar-refractivity contribution in [2.75, 3.05) is 5.73 Å². The number of aryl methyl sites for hydroxylation is 2. The molecule has 43 heavy (non-hydrogen) atoms. The van der Waals surface area contributed by atoms with Crippen LogP contribution in [0.1, 0.15) is 44.3 Å². The minimum absolute atomic E-state index is 0.0709. The molecule has 7 rings (SSSR count). The molecule has 0 saturated carbocycles. The number of amides is 1. The number of aldehydes is 1. The van der Waals surface area contributed by atoms with E-state index in [-0.39, 0.29) is 23.3 Å². The van der Waals surface area contributed by atoms with Gasteiger partial charge in [0.15, 0.2) is 17.8 Å². The second kappa shape index (κ2) is 10.2. The molecular formula is C32H26N8O3. The number of carbonyl (C=O) groups is 2. The van der Waals surface area contributed by atoms with E-state index in [1.807, 2.05) is 60.3 Å². The summed E-state index contributed by atoms with van der Waals surface area (Å²) in [7, 11) is 1.86. The van der Waals surface area contributed by atoms with Crippen molar-refractivity contribution in [3.63, 3.8) is 0 Å². The highest BCUT2D eigenvalue weighted by Gasteiger charge is 2.26. The Kier molecular flexibility index (Phi) is 6.19. The first-order valence-electron chi connectivity index (χ1n) is 13.7. The van der Waals surface area contributed by atoms with E-state index < -0.39 is 0 Å². The molecule has 0 radical (unpaired) electrons. The SMILES string of the molecule is Cn1ccc(-c2ccc3nc(-c4cccnc4N)n(-c4ccc5c(c4)CC[C@@H]5NC(=O)c4ccc(O)c(C=O)c4)c3n2)n1. The molecule has 6 aromatic rings. The van der Waals surface area contributed by atoms with Crippen LogP contribution in [0.15, 0.2) is 79.1 Å². The van der Waals surface area contributed by atoms with Crippen molar-refractivity contribution in [1.82, 2.24) is 34.6 Å². The summed E-state index contributed by atoms with van der Waals surface area (Å²) in [5, 5.41) is 17.4. The minimum atomic E-state index is -0.314. The smallest absolute Gasteiger partial charge is 0.251 e. The van der Waals surface area contributed by atoms with Crippen LogP contribution in [0.5, 0.6) is 5.75 Å². The van der Waals surface area contributed by atoms with E-state index in [1.165, 1.54) is 18.2 Å². The topological polar surface area (TPSA) is 154 Å². The molecule has 0 aliphatic heterocycles. The van der Waals surface area contributed by atoms with Gasteiger partial charge in [-0.1, -0.05) is 6.07 Å². The number of aromatic nitrogens is 6. The predicted octanol–water partition coefficient (Wildman–Crippen LogP) is 4.40. The summed E-state index contributed by atoms with van der Waals surface area (Å²) in [5.41, 5.74) is 13.2. The molecule has 1 amide bonds. The van der Waals surface area contributed by atoms with E-state index in [1.54, 1.807) is 10.9 Å². The lowest BCUT2D eigenvalue weighted by molar-refractivity contribution is 0.0936. The molecule has 0 unspecified atom stereocenters. The lowest BCUT2D eigenvalue weighted by Gasteiger charge is -2.16. The molecule has 11 nitrogen and oxygen atoms in total. The van der Waals surface area contributed by atoms with E-state index in [4.69, 9.17) is 15.7 Å². The molecule has 1 aliphatic rings. The Hall–Kier alpha value is -5.84. The average Bonchev–Trinajstić information content (AvgIpc) is 3.73. The highest BCUT2D eigenvalue weighted by molar-refractivity contribution is 5.96. The van der Waals surface area contributed by atoms with E-state index in [0.29, 0.717) is 40.2 Å². The Labute approximate surface area is 245 Å². The summed E-state index contributed by atoms with van der Waals surface area (Å²) in [6, 6.07) is 19.6. The van der Waals surface area contributed by atoms with Gasteiger partial charge in [-0.3, -0.25) is 18.8 Å². The van der Waals surface area contributed by atoms with Crippen LogP contribution in [0, 0.1) is 0 Å². The maximum absolute atomic E-state index is 13.0. The first kappa shape index (κ1) is 26.1. The summed E-state index contributed by atoms with van der Waals surface area (Å²) in [6.07, 6.45) is 5.52. The molecular weight excluding hydrogens is 544 g/mol. The Morgan fingerprint density at radius 3 is 2.74 bits per heavy atom. The fraction of sp³-hybridized carbons (Fsp3) is 0.125.